The summed E-state index contributed by atoms with van der Waals surface area (Å²) in [4.78, 5) is 19.4. The molecule has 3 rings (SSSR count). The highest BCUT2D eigenvalue weighted by molar-refractivity contribution is 5.89. The van der Waals surface area contributed by atoms with Crippen LogP contribution in [0.2, 0.25) is 0 Å². The number of amides is 2. The topological polar surface area (TPSA) is 79.0 Å². The number of aromatic nitrogens is 2. The number of H-pyrrole nitrogens is 1. The van der Waals surface area contributed by atoms with E-state index in [0.29, 0.717) is 12.3 Å². The maximum absolute atomic E-state index is 13.1. The van der Waals surface area contributed by atoms with E-state index in [4.69, 9.17) is 4.74 Å². The lowest BCUT2D eigenvalue weighted by atomic mass is 10.1. The van der Waals surface area contributed by atoms with Gasteiger partial charge in [-0.2, -0.15) is 0 Å². The van der Waals surface area contributed by atoms with Crippen molar-refractivity contribution in [3.8, 4) is 0 Å². The van der Waals surface area contributed by atoms with Crippen LogP contribution in [-0.2, 0) is 17.9 Å². The summed E-state index contributed by atoms with van der Waals surface area (Å²) < 4.78 is 18.3. The maximum Gasteiger partial charge on any atom is 0.319 e. The minimum Gasteiger partial charge on any atom is -0.380 e. The molecule has 3 aromatic rings. The zero-order chi connectivity index (χ0) is 16.9. The SMILES string of the molecule is COCc1ccc2[nH]cnc2c1CNC(=O)Nc1cccc(F)c1. The molecule has 0 atom stereocenters. The van der Waals surface area contributed by atoms with Crippen molar-refractivity contribution in [2.45, 2.75) is 13.2 Å². The normalized spacial score (nSPS) is 10.8. The number of anilines is 1. The molecule has 0 saturated heterocycles. The fourth-order valence-electron chi connectivity index (χ4n) is 2.51. The molecule has 2 amide bonds. The Bertz CT molecular complexity index is 863. The fourth-order valence-corrected chi connectivity index (χ4v) is 2.51. The minimum atomic E-state index is -0.420. The van der Waals surface area contributed by atoms with Crippen LogP contribution in [0.5, 0.6) is 0 Å². The molecular weight excluding hydrogens is 311 g/mol. The zero-order valence-electron chi connectivity index (χ0n) is 13.1. The van der Waals surface area contributed by atoms with Crippen molar-refractivity contribution in [3.05, 3.63) is 59.7 Å². The van der Waals surface area contributed by atoms with Gasteiger partial charge in [-0.1, -0.05) is 12.1 Å². The number of nitrogens with one attached hydrogen (secondary N) is 3. The lowest BCUT2D eigenvalue weighted by Crippen LogP contribution is -2.28. The predicted octanol–water partition coefficient (Wildman–Crippen LogP) is 3.17. The molecule has 3 N–H and O–H groups in total. The number of carbonyl (C=O) groups excluding carboxylic acids is 1. The Balaban J connectivity index is 1.73. The van der Waals surface area contributed by atoms with Crippen molar-refractivity contribution >= 4 is 22.8 Å². The number of carbonyl (C=O) groups is 1. The third-order valence-electron chi connectivity index (χ3n) is 3.60. The maximum atomic E-state index is 13.1. The summed E-state index contributed by atoms with van der Waals surface area (Å²) in [5.74, 6) is -0.406. The molecule has 24 heavy (non-hydrogen) atoms. The third-order valence-corrected chi connectivity index (χ3v) is 3.60. The van der Waals surface area contributed by atoms with Gasteiger partial charge in [-0.3, -0.25) is 0 Å². The van der Waals surface area contributed by atoms with E-state index in [9.17, 15) is 9.18 Å². The first-order valence-electron chi connectivity index (χ1n) is 7.40. The van der Waals surface area contributed by atoms with Crippen LogP contribution in [0.3, 0.4) is 0 Å². The van der Waals surface area contributed by atoms with E-state index in [1.807, 2.05) is 12.1 Å². The van der Waals surface area contributed by atoms with Crippen LogP contribution in [-0.4, -0.2) is 23.1 Å². The second-order valence-electron chi connectivity index (χ2n) is 5.25. The number of imidazole rings is 1. The number of halogens is 1. The van der Waals surface area contributed by atoms with E-state index in [2.05, 4.69) is 20.6 Å². The number of benzene rings is 2. The third kappa shape index (κ3) is 3.52. The van der Waals surface area contributed by atoms with Crippen LogP contribution < -0.4 is 10.6 Å². The molecule has 124 valence electrons. The number of fused-ring (bicyclic) bond motifs is 1. The van der Waals surface area contributed by atoms with E-state index in [1.54, 1.807) is 19.5 Å². The number of urea groups is 1. The van der Waals surface area contributed by atoms with Crippen LogP contribution in [0.15, 0.2) is 42.7 Å². The van der Waals surface area contributed by atoms with Crippen LogP contribution >= 0.6 is 0 Å². The van der Waals surface area contributed by atoms with E-state index in [-0.39, 0.29) is 6.54 Å². The number of ether oxygens (including phenoxy) is 1. The van der Waals surface area contributed by atoms with Crippen LogP contribution in [0, 0.1) is 5.82 Å². The first-order chi connectivity index (χ1) is 11.7. The first kappa shape index (κ1) is 15.9. The summed E-state index contributed by atoms with van der Waals surface area (Å²) >= 11 is 0. The first-order valence-corrected chi connectivity index (χ1v) is 7.40. The van der Waals surface area contributed by atoms with Crippen LogP contribution in [0.25, 0.3) is 11.0 Å². The van der Waals surface area contributed by atoms with Gasteiger partial charge in [0, 0.05) is 24.9 Å². The molecule has 0 unspecified atom stereocenters. The molecule has 6 nitrogen and oxygen atoms in total. The number of aromatic amines is 1. The average molecular weight is 328 g/mol. The van der Waals surface area contributed by atoms with Gasteiger partial charge in [-0.05, 0) is 29.8 Å². The Morgan fingerprint density at radius 1 is 1.33 bits per heavy atom. The molecule has 0 aliphatic carbocycles. The molecule has 1 aromatic heterocycles. The van der Waals surface area contributed by atoms with Crippen LogP contribution in [0.1, 0.15) is 11.1 Å². The zero-order valence-corrected chi connectivity index (χ0v) is 13.1. The number of methoxy groups -OCH3 is 1. The molecule has 2 aromatic carbocycles. The predicted molar refractivity (Wildman–Crippen MR) is 89.1 cm³/mol. The van der Waals surface area contributed by atoms with Crippen molar-refractivity contribution in [2.75, 3.05) is 12.4 Å². The monoisotopic (exact) mass is 328 g/mol. The second-order valence-corrected chi connectivity index (χ2v) is 5.25. The Morgan fingerprint density at radius 2 is 2.21 bits per heavy atom. The Morgan fingerprint density at radius 3 is 3.00 bits per heavy atom. The van der Waals surface area contributed by atoms with E-state index in [1.165, 1.54) is 18.2 Å². The molecule has 0 aliphatic rings. The van der Waals surface area contributed by atoms with Crippen molar-refractivity contribution < 1.29 is 13.9 Å². The van der Waals surface area contributed by atoms with Crippen molar-refractivity contribution in [1.29, 1.82) is 0 Å². The molecular formula is C17H17FN4O2. The van der Waals surface area contributed by atoms with Crippen molar-refractivity contribution in [3.63, 3.8) is 0 Å². The standard InChI is InChI=1S/C17H17FN4O2/c1-24-9-11-5-6-15-16(21-10-20-15)14(11)8-19-17(23)22-13-4-2-3-12(18)7-13/h2-7,10H,8-9H2,1H3,(H,20,21)(H2,19,22,23). The molecule has 0 bridgehead atoms. The summed E-state index contributed by atoms with van der Waals surface area (Å²) in [6.45, 7) is 0.702. The van der Waals surface area contributed by atoms with Crippen LogP contribution in [0.4, 0.5) is 14.9 Å². The van der Waals surface area contributed by atoms with Gasteiger partial charge in [0.15, 0.2) is 0 Å². The van der Waals surface area contributed by atoms with Gasteiger partial charge in [-0.15, -0.1) is 0 Å². The van der Waals surface area contributed by atoms with Gasteiger partial charge < -0.3 is 20.4 Å². The van der Waals surface area contributed by atoms with Gasteiger partial charge in [0.2, 0.25) is 0 Å². The van der Waals surface area contributed by atoms with Gasteiger partial charge in [-0.25, -0.2) is 14.2 Å². The van der Waals surface area contributed by atoms with Crippen molar-refractivity contribution in [2.24, 2.45) is 0 Å². The largest absolute Gasteiger partial charge is 0.380 e. The molecule has 7 heteroatoms. The smallest absolute Gasteiger partial charge is 0.319 e. The number of hydrogen-bond donors (Lipinski definition) is 3. The summed E-state index contributed by atoms with van der Waals surface area (Å²) in [6, 6.07) is 9.16. The van der Waals surface area contributed by atoms with Gasteiger partial charge >= 0.3 is 6.03 Å². The number of nitrogens with zero attached hydrogens (tertiary/aromatic N) is 1. The fraction of sp³-hybridized carbons (Fsp3) is 0.176. The highest BCUT2D eigenvalue weighted by Gasteiger charge is 2.11. The summed E-state index contributed by atoms with van der Waals surface area (Å²) in [5.41, 5.74) is 3.89. The second kappa shape index (κ2) is 7.10. The van der Waals surface area contributed by atoms with Gasteiger partial charge in [0.05, 0.1) is 24.0 Å². The molecule has 0 aliphatic heterocycles. The van der Waals surface area contributed by atoms with Gasteiger partial charge in [0.1, 0.15) is 5.82 Å². The lowest BCUT2D eigenvalue weighted by molar-refractivity contribution is 0.184. The minimum absolute atomic E-state index is 0.280. The molecule has 1 heterocycles. The summed E-state index contributed by atoms with van der Waals surface area (Å²) in [6.07, 6.45) is 1.61. The van der Waals surface area contributed by atoms with E-state index in [0.717, 1.165) is 22.2 Å². The molecule has 0 radical (unpaired) electrons. The van der Waals surface area contributed by atoms with Gasteiger partial charge in [0.25, 0.3) is 0 Å². The summed E-state index contributed by atoms with van der Waals surface area (Å²) in [5, 5.41) is 5.36. The molecule has 0 saturated carbocycles. The quantitative estimate of drug-likeness (QED) is 0.673. The van der Waals surface area contributed by atoms with E-state index >= 15 is 0 Å². The average Bonchev–Trinajstić information content (AvgIpc) is 3.02. The number of rotatable bonds is 5. The highest BCUT2D eigenvalue weighted by Crippen LogP contribution is 2.20. The molecule has 0 fully saturated rings. The highest BCUT2D eigenvalue weighted by atomic mass is 19.1. The Hall–Kier alpha value is -2.93. The Labute approximate surface area is 138 Å². The lowest BCUT2D eigenvalue weighted by Gasteiger charge is -2.12. The molecule has 0 spiro atoms. The Kier molecular flexibility index (Phi) is 4.72. The number of hydrogen-bond acceptors (Lipinski definition) is 3. The van der Waals surface area contributed by atoms with E-state index < -0.39 is 11.8 Å². The summed E-state index contributed by atoms with van der Waals surface area (Å²) in [7, 11) is 1.61. The van der Waals surface area contributed by atoms with Crippen molar-refractivity contribution in [1.82, 2.24) is 15.3 Å².